The van der Waals surface area contributed by atoms with E-state index in [4.69, 9.17) is 5.26 Å². The number of hydrogen-bond donors (Lipinski definition) is 1. The molecule has 0 aliphatic heterocycles. The molecule has 4 heteroatoms. The van der Waals surface area contributed by atoms with Gasteiger partial charge in [0.25, 0.3) is 5.91 Å². The van der Waals surface area contributed by atoms with Crippen LogP contribution in [0.1, 0.15) is 33.1 Å². The van der Waals surface area contributed by atoms with Gasteiger partial charge in [-0.3, -0.25) is 4.79 Å². The molecule has 3 nitrogen and oxygen atoms in total. The molecule has 3 aromatic carbocycles. The Balaban J connectivity index is 1.90. The van der Waals surface area contributed by atoms with Crippen LogP contribution < -0.4 is 5.32 Å². The zero-order valence-electron chi connectivity index (χ0n) is 13.3. The van der Waals surface area contributed by atoms with Gasteiger partial charge < -0.3 is 5.32 Å². The first kappa shape index (κ1) is 16.9. The minimum atomic E-state index is -0.252. The molecule has 1 atom stereocenters. The highest BCUT2D eigenvalue weighted by atomic mass is 79.9. The molecule has 122 valence electrons. The second-order valence-corrected chi connectivity index (χ2v) is 6.47. The number of benzene rings is 3. The highest BCUT2D eigenvalue weighted by molar-refractivity contribution is 9.10. The summed E-state index contributed by atoms with van der Waals surface area (Å²) in [5, 5.41) is 12.0. The fraction of sp³-hybridized carbons (Fsp3) is 0.0476. The first-order chi connectivity index (χ1) is 12.2. The lowest BCUT2D eigenvalue weighted by atomic mass is 9.98. The van der Waals surface area contributed by atoms with E-state index < -0.39 is 0 Å². The van der Waals surface area contributed by atoms with Crippen LogP contribution in [0.5, 0.6) is 0 Å². The minimum absolute atomic E-state index is 0.179. The van der Waals surface area contributed by atoms with Crippen LogP contribution in [-0.4, -0.2) is 5.91 Å². The molecule has 1 N–H and O–H groups in total. The maximum absolute atomic E-state index is 12.7. The van der Waals surface area contributed by atoms with E-state index in [2.05, 4.69) is 27.3 Å². The SMILES string of the molecule is N#Cc1ccc(C(=O)N[C@@H](c2ccccc2)c2ccc(Br)cc2)cc1. The van der Waals surface area contributed by atoms with Gasteiger partial charge in [0.05, 0.1) is 17.7 Å². The van der Waals surface area contributed by atoms with E-state index in [-0.39, 0.29) is 11.9 Å². The Bertz CT molecular complexity index is 897. The van der Waals surface area contributed by atoms with Crippen LogP contribution >= 0.6 is 15.9 Å². The number of carbonyl (C=O) groups is 1. The van der Waals surface area contributed by atoms with Gasteiger partial charge in [-0.15, -0.1) is 0 Å². The van der Waals surface area contributed by atoms with Gasteiger partial charge in [-0.25, -0.2) is 0 Å². The van der Waals surface area contributed by atoms with Crippen molar-refractivity contribution in [3.05, 3.63) is 106 Å². The molecule has 3 rings (SSSR count). The maximum Gasteiger partial charge on any atom is 0.252 e. The summed E-state index contributed by atoms with van der Waals surface area (Å²) in [6.07, 6.45) is 0. The second kappa shape index (κ2) is 7.78. The largest absolute Gasteiger partial charge is 0.341 e. The molecule has 0 aliphatic rings. The average Bonchev–Trinajstić information content (AvgIpc) is 2.67. The summed E-state index contributed by atoms with van der Waals surface area (Å²) >= 11 is 3.44. The van der Waals surface area contributed by atoms with Gasteiger partial charge in [0.15, 0.2) is 0 Å². The number of nitrogens with one attached hydrogen (secondary N) is 1. The minimum Gasteiger partial charge on any atom is -0.341 e. The zero-order chi connectivity index (χ0) is 17.6. The number of nitrogens with zero attached hydrogens (tertiary/aromatic N) is 1. The molecule has 0 heterocycles. The van der Waals surface area contributed by atoms with Gasteiger partial charge >= 0.3 is 0 Å². The number of amides is 1. The third-order valence-electron chi connectivity index (χ3n) is 3.89. The van der Waals surface area contributed by atoms with E-state index in [0.29, 0.717) is 11.1 Å². The summed E-state index contributed by atoms with van der Waals surface area (Å²) in [5.41, 5.74) is 3.06. The molecule has 0 unspecified atom stereocenters. The fourth-order valence-electron chi connectivity index (χ4n) is 2.57. The number of halogens is 1. The quantitative estimate of drug-likeness (QED) is 0.692. The smallest absolute Gasteiger partial charge is 0.252 e. The summed E-state index contributed by atoms with van der Waals surface area (Å²) in [6.45, 7) is 0. The molecule has 0 aromatic heterocycles. The topological polar surface area (TPSA) is 52.9 Å². The molecule has 0 saturated heterocycles. The van der Waals surface area contributed by atoms with Crippen LogP contribution in [0.2, 0.25) is 0 Å². The molecule has 0 saturated carbocycles. The van der Waals surface area contributed by atoms with Gasteiger partial charge in [-0.2, -0.15) is 5.26 Å². The summed E-state index contributed by atoms with van der Waals surface area (Å²) < 4.78 is 0.987. The number of hydrogen-bond acceptors (Lipinski definition) is 2. The predicted molar refractivity (Wildman–Crippen MR) is 101 cm³/mol. The Hall–Kier alpha value is -2.90. The Labute approximate surface area is 155 Å². The van der Waals surface area contributed by atoms with Crippen molar-refractivity contribution in [2.75, 3.05) is 0 Å². The molecule has 3 aromatic rings. The molecular weight excluding hydrogens is 376 g/mol. The van der Waals surface area contributed by atoms with Crippen molar-refractivity contribution in [3.8, 4) is 6.07 Å². The van der Waals surface area contributed by atoms with Crippen LogP contribution in [0.3, 0.4) is 0 Å². The monoisotopic (exact) mass is 390 g/mol. The van der Waals surface area contributed by atoms with Gasteiger partial charge in [0.2, 0.25) is 0 Å². The van der Waals surface area contributed by atoms with E-state index >= 15 is 0 Å². The maximum atomic E-state index is 12.7. The summed E-state index contributed by atoms with van der Waals surface area (Å²) in [6, 6.07) is 26.1. The van der Waals surface area contributed by atoms with Crippen LogP contribution in [0.25, 0.3) is 0 Å². The van der Waals surface area contributed by atoms with Crippen molar-refractivity contribution in [2.24, 2.45) is 0 Å². The second-order valence-electron chi connectivity index (χ2n) is 5.56. The average molecular weight is 391 g/mol. The van der Waals surface area contributed by atoms with Gasteiger partial charge in [-0.1, -0.05) is 58.4 Å². The van der Waals surface area contributed by atoms with E-state index in [9.17, 15) is 4.79 Å². The summed E-state index contributed by atoms with van der Waals surface area (Å²) in [4.78, 5) is 12.7. The lowest BCUT2D eigenvalue weighted by Crippen LogP contribution is -2.29. The number of nitriles is 1. The van der Waals surface area contributed by atoms with Crippen LogP contribution in [-0.2, 0) is 0 Å². The number of carbonyl (C=O) groups excluding carboxylic acids is 1. The van der Waals surface area contributed by atoms with Crippen molar-refractivity contribution < 1.29 is 4.79 Å². The lowest BCUT2D eigenvalue weighted by molar-refractivity contribution is 0.0943. The molecule has 0 bridgehead atoms. The van der Waals surface area contributed by atoms with Crippen molar-refractivity contribution >= 4 is 21.8 Å². The molecule has 0 radical (unpaired) electrons. The molecule has 0 fully saturated rings. The Kier molecular flexibility index (Phi) is 5.27. The summed E-state index contributed by atoms with van der Waals surface area (Å²) in [5.74, 6) is -0.179. The Morgan fingerprint density at radius 1 is 0.880 bits per heavy atom. The van der Waals surface area contributed by atoms with Gasteiger partial charge in [0.1, 0.15) is 0 Å². The van der Waals surface area contributed by atoms with Crippen LogP contribution in [0, 0.1) is 11.3 Å². The van der Waals surface area contributed by atoms with Crippen molar-refractivity contribution in [1.82, 2.24) is 5.32 Å². The fourth-order valence-corrected chi connectivity index (χ4v) is 2.83. The van der Waals surface area contributed by atoms with Crippen molar-refractivity contribution in [2.45, 2.75) is 6.04 Å². The van der Waals surface area contributed by atoms with Crippen LogP contribution in [0.15, 0.2) is 83.3 Å². The third-order valence-corrected chi connectivity index (χ3v) is 4.42. The van der Waals surface area contributed by atoms with E-state index in [1.165, 1.54) is 0 Å². The molecular formula is C21H15BrN2O. The highest BCUT2D eigenvalue weighted by Crippen LogP contribution is 2.24. The standard InChI is InChI=1S/C21H15BrN2O/c22-19-12-10-17(11-13-19)20(16-4-2-1-3-5-16)24-21(25)18-8-6-15(14-23)7-9-18/h1-13,20H,(H,24,25)/t20-/m0/s1. The molecule has 1 amide bonds. The van der Waals surface area contributed by atoms with E-state index in [1.807, 2.05) is 54.6 Å². The number of rotatable bonds is 4. The zero-order valence-corrected chi connectivity index (χ0v) is 14.9. The predicted octanol–water partition coefficient (Wildman–Crippen LogP) is 4.84. The molecule has 0 aliphatic carbocycles. The van der Waals surface area contributed by atoms with E-state index in [1.54, 1.807) is 24.3 Å². The lowest BCUT2D eigenvalue weighted by Gasteiger charge is -2.20. The normalized spacial score (nSPS) is 11.4. The van der Waals surface area contributed by atoms with Crippen LogP contribution in [0.4, 0.5) is 0 Å². The van der Waals surface area contributed by atoms with Gasteiger partial charge in [0, 0.05) is 10.0 Å². The van der Waals surface area contributed by atoms with Gasteiger partial charge in [-0.05, 0) is 47.5 Å². The highest BCUT2D eigenvalue weighted by Gasteiger charge is 2.17. The molecule has 25 heavy (non-hydrogen) atoms. The Morgan fingerprint density at radius 2 is 1.48 bits per heavy atom. The first-order valence-corrected chi connectivity index (χ1v) is 8.58. The van der Waals surface area contributed by atoms with E-state index in [0.717, 1.165) is 15.6 Å². The van der Waals surface area contributed by atoms with Crippen molar-refractivity contribution in [3.63, 3.8) is 0 Å². The van der Waals surface area contributed by atoms with Crippen molar-refractivity contribution in [1.29, 1.82) is 5.26 Å². The summed E-state index contributed by atoms with van der Waals surface area (Å²) in [7, 11) is 0. The molecule has 0 spiro atoms. The Morgan fingerprint density at radius 3 is 2.08 bits per heavy atom. The third kappa shape index (κ3) is 4.14. The first-order valence-electron chi connectivity index (χ1n) is 7.79.